The molecule has 2 rings (SSSR count). The summed E-state index contributed by atoms with van der Waals surface area (Å²) in [6.07, 6.45) is 5.25. The summed E-state index contributed by atoms with van der Waals surface area (Å²) in [4.78, 5) is 2.59. The van der Waals surface area contributed by atoms with Gasteiger partial charge in [-0.3, -0.25) is 0 Å². The maximum absolute atomic E-state index is 5.56. The first kappa shape index (κ1) is 14.3. The van der Waals surface area contributed by atoms with Crippen LogP contribution in [0.2, 0.25) is 0 Å². The molecule has 3 heteroatoms. The Bertz CT molecular complexity index is 245. The van der Waals surface area contributed by atoms with Crippen LogP contribution >= 0.6 is 0 Å². The largest absolute Gasteiger partial charge is 0.381 e. The third-order valence-electron chi connectivity index (χ3n) is 4.36. The van der Waals surface area contributed by atoms with Gasteiger partial charge in [0.15, 0.2) is 0 Å². The van der Waals surface area contributed by atoms with E-state index in [1.165, 1.54) is 32.2 Å². The van der Waals surface area contributed by atoms with Gasteiger partial charge < -0.3 is 15.0 Å². The molecule has 0 bridgehead atoms. The van der Waals surface area contributed by atoms with E-state index in [0.717, 1.165) is 38.3 Å². The molecule has 2 fully saturated rings. The predicted molar refractivity (Wildman–Crippen MR) is 75.8 cm³/mol. The minimum atomic E-state index is 0.449. The monoisotopic (exact) mass is 254 g/mol. The summed E-state index contributed by atoms with van der Waals surface area (Å²) >= 11 is 0. The highest BCUT2D eigenvalue weighted by atomic mass is 16.5. The second-order valence-corrected chi connectivity index (χ2v) is 6.78. The maximum Gasteiger partial charge on any atom is 0.0472 e. The van der Waals surface area contributed by atoms with Gasteiger partial charge in [0.2, 0.25) is 0 Å². The highest BCUT2D eigenvalue weighted by molar-refractivity contribution is 4.91. The summed E-state index contributed by atoms with van der Waals surface area (Å²) in [5, 5.41) is 3.68. The summed E-state index contributed by atoms with van der Waals surface area (Å²) in [6, 6.07) is 0.870. The van der Waals surface area contributed by atoms with Crippen LogP contribution in [-0.2, 0) is 4.74 Å². The average Bonchev–Trinajstić information content (AvgIpc) is 3.13. The Hall–Kier alpha value is -0.120. The molecule has 0 amide bonds. The first-order valence-corrected chi connectivity index (χ1v) is 7.60. The molecule has 1 saturated heterocycles. The van der Waals surface area contributed by atoms with Crippen LogP contribution in [0.25, 0.3) is 0 Å². The Balaban J connectivity index is 1.84. The molecular formula is C15H30N2O. The first-order chi connectivity index (χ1) is 8.61. The molecule has 0 spiro atoms. The lowest BCUT2D eigenvalue weighted by Gasteiger charge is -2.40. The van der Waals surface area contributed by atoms with Crippen molar-refractivity contribution >= 4 is 0 Å². The number of rotatable bonds is 7. The number of ether oxygens (including phenoxy) is 1. The van der Waals surface area contributed by atoms with E-state index in [-0.39, 0.29) is 0 Å². The Morgan fingerprint density at radius 1 is 1.28 bits per heavy atom. The summed E-state index contributed by atoms with van der Waals surface area (Å²) in [6.45, 7) is 9.98. The normalized spacial score (nSPS) is 23.8. The van der Waals surface area contributed by atoms with E-state index >= 15 is 0 Å². The molecule has 0 atom stereocenters. The van der Waals surface area contributed by atoms with E-state index in [0.29, 0.717) is 5.41 Å². The summed E-state index contributed by atoms with van der Waals surface area (Å²) in [7, 11) is 2.30. The molecule has 1 saturated carbocycles. The van der Waals surface area contributed by atoms with Crippen molar-refractivity contribution in [1.82, 2.24) is 10.2 Å². The molecule has 1 heterocycles. The fraction of sp³-hybridized carbons (Fsp3) is 1.00. The van der Waals surface area contributed by atoms with Crippen molar-refractivity contribution in [3.05, 3.63) is 0 Å². The van der Waals surface area contributed by atoms with Gasteiger partial charge in [-0.15, -0.1) is 0 Å². The van der Waals surface area contributed by atoms with Gasteiger partial charge in [-0.25, -0.2) is 0 Å². The first-order valence-electron chi connectivity index (χ1n) is 7.60. The van der Waals surface area contributed by atoms with Gasteiger partial charge in [0.05, 0.1) is 0 Å². The fourth-order valence-electron chi connectivity index (χ4n) is 2.99. The average molecular weight is 254 g/mol. The van der Waals surface area contributed by atoms with E-state index in [2.05, 4.69) is 31.1 Å². The predicted octanol–water partition coefficient (Wildman–Crippen LogP) is 2.12. The van der Waals surface area contributed by atoms with Crippen LogP contribution in [0.15, 0.2) is 0 Å². The van der Waals surface area contributed by atoms with Gasteiger partial charge in [0.25, 0.3) is 0 Å². The molecule has 1 aliphatic carbocycles. The molecule has 0 aromatic heterocycles. The van der Waals surface area contributed by atoms with Crippen LogP contribution < -0.4 is 5.32 Å². The quantitative estimate of drug-likeness (QED) is 0.753. The molecule has 0 unspecified atom stereocenters. The van der Waals surface area contributed by atoms with Gasteiger partial charge >= 0.3 is 0 Å². The van der Waals surface area contributed by atoms with E-state index in [1.54, 1.807) is 0 Å². The SMILES string of the molecule is CC(C)CNCC1(CN(C)C2CC2)CCOCC1. The number of nitrogens with one attached hydrogen (secondary N) is 1. The van der Waals surface area contributed by atoms with Crippen LogP contribution in [0, 0.1) is 11.3 Å². The fourth-order valence-corrected chi connectivity index (χ4v) is 2.99. The van der Waals surface area contributed by atoms with Crippen molar-refractivity contribution in [2.75, 3.05) is 39.9 Å². The molecular weight excluding hydrogens is 224 g/mol. The van der Waals surface area contributed by atoms with Crippen LogP contribution in [0.3, 0.4) is 0 Å². The van der Waals surface area contributed by atoms with E-state index < -0.39 is 0 Å². The van der Waals surface area contributed by atoms with Crippen molar-refractivity contribution < 1.29 is 4.74 Å². The van der Waals surface area contributed by atoms with Crippen molar-refractivity contribution in [3.8, 4) is 0 Å². The summed E-state index contributed by atoms with van der Waals surface area (Å²) in [5.74, 6) is 0.739. The Labute approximate surface area is 112 Å². The van der Waals surface area contributed by atoms with Crippen molar-refractivity contribution in [2.45, 2.75) is 45.6 Å². The molecule has 0 aromatic carbocycles. The van der Waals surface area contributed by atoms with Crippen molar-refractivity contribution in [3.63, 3.8) is 0 Å². The number of hydrogen-bond acceptors (Lipinski definition) is 3. The third kappa shape index (κ3) is 4.22. The lowest BCUT2D eigenvalue weighted by Crippen LogP contribution is -2.47. The third-order valence-corrected chi connectivity index (χ3v) is 4.36. The minimum absolute atomic E-state index is 0.449. The lowest BCUT2D eigenvalue weighted by atomic mass is 9.79. The summed E-state index contributed by atoms with van der Waals surface area (Å²) < 4.78 is 5.56. The molecule has 3 nitrogen and oxygen atoms in total. The molecule has 106 valence electrons. The highest BCUT2D eigenvalue weighted by Crippen LogP contribution is 2.34. The van der Waals surface area contributed by atoms with Gasteiger partial charge in [0.1, 0.15) is 0 Å². The topological polar surface area (TPSA) is 24.5 Å². The van der Waals surface area contributed by atoms with Crippen molar-refractivity contribution in [1.29, 1.82) is 0 Å². The van der Waals surface area contributed by atoms with E-state index in [1.807, 2.05) is 0 Å². The van der Waals surface area contributed by atoms with Gasteiger partial charge in [-0.05, 0) is 50.6 Å². The lowest BCUT2D eigenvalue weighted by molar-refractivity contribution is -0.00191. The minimum Gasteiger partial charge on any atom is -0.381 e. The zero-order valence-electron chi connectivity index (χ0n) is 12.4. The van der Waals surface area contributed by atoms with Gasteiger partial charge in [-0.1, -0.05) is 13.8 Å². The zero-order valence-corrected chi connectivity index (χ0v) is 12.4. The molecule has 18 heavy (non-hydrogen) atoms. The van der Waals surface area contributed by atoms with Crippen LogP contribution in [-0.4, -0.2) is 50.8 Å². The second kappa shape index (κ2) is 6.36. The molecule has 2 aliphatic rings. The van der Waals surface area contributed by atoms with Gasteiger partial charge in [-0.2, -0.15) is 0 Å². The standard InChI is InChI=1S/C15H30N2O/c1-13(2)10-16-11-15(6-8-18-9-7-15)12-17(3)14-4-5-14/h13-14,16H,4-12H2,1-3H3. The van der Waals surface area contributed by atoms with Gasteiger partial charge in [0, 0.05) is 32.3 Å². The number of hydrogen-bond donors (Lipinski definition) is 1. The Morgan fingerprint density at radius 2 is 1.94 bits per heavy atom. The maximum atomic E-state index is 5.56. The number of nitrogens with zero attached hydrogens (tertiary/aromatic N) is 1. The van der Waals surface area contributed by atoms with E-state index in [4.69, 9.17) is 4.74 Å². The van der Waals surface area contributed by atoms with Crippen molar-refractivity contribution in [2.24, 2.45) is 11.3 Å². The van der Waals surface area contributed by atoms with Crippen LogP contribution in [0.4, 0.5) is 0 Å². The molecule has 0 radical (unpaired) electrons. The molecule has 0 aromatic rings. The van der Waals surface area contributed by atoms with E-state index in [9.17, 15) is 0 Å². The zero-order chi connectivity index (χ0) is 13.0. The Kier molecular flexibility index (Phi) is 5.05. The highest BCUT2D eigenvalue weighted by Gasteiger charge is 2.37. The van der Waals surface area contributed by atoms with Crippen LogP contribution in [0.1, 0.15) is 39.5 Å². The molecule has 1 N–H and O–H groups in total. The summed E-state index contributed by atoms with van der Waals surface area (Å²) in [5.41, 5.74) is 0.449. The smallest absolute Gasteiger partial charge is 0.0472 e. The molecule has 1 aliphatic heterocycles. The van der Waals surface area contributed by atoms with Crippen LogP contribution in [0.5, 0.6) is 0 Å². The second-order valence-electron chi connectivity index (χ2n) is 6.78. The Morgan fingerprint density at radius 3 is 2.50 bits per heavy atom.